The minimum atomic E-state index is -0.857. The molecule has 0 aliphatic carbocycles. The van der Waals surface area contributed by atoms with Crippen LogP contribution in [0.1, 0.15) is 31.4 Å². The SMILES string of the molecule is CCO[C@@H](CC/C=C/C(=O)NO)[C@@H](OC(=O)Nc1cccc2ccccc12)c1ccccc1OCCO. The van der Waals surface area contributed by atoms with Crippen LogP contribution in [0, 0.1) is 0 Å². The lowest BCUT2D eigenvalue weighted by atomic mass is 9.99. The van der Waals surface area contributed by atoms with E-state index in [9.17, 15) is 14.7 Å². The van der Waals surface area contributed by atoms with Gasteiger partial charge >= 0.3 is 6.09 Å². The second kappa shape index (κ2) is 14.6. The summed E-state index contributed by atoms with van der Waals surface area (Å²) in [4.78, 5) is 24.5. The molecule has 2 amide bonds. The standard InChI is InChI=1S/C28H32N2O7/c1-2-35-25(16-7-8-17-26(32)30-34)27(22-13-5-6-15-24(22)36-19-18-31)37-28(33)29-23-14-9-11-20-10-3-4-12-21(20)23/h3-6,8-15,17,25,27,31,34H,2,7,16,18-19H2,1H3,(H,29,33)(H,30,32)/b17-8+/t25-,27-/m0/s1. The maximum atomic E-state index is 13.2. The van der Waals surface area contributed by atoms with E-state index in [2.05, 4.69) is 5.32 Å². The van der Waals surface area contributed by atoms with Gasteiger partial charge < -0.3 is 19.3 Å². The predicted molar refractivity (Wildman–Crippen MR) is 140 cm³/mol. The molecule has 3 aromatic rings. The number of ether oxygens (including phenoxy) is 3. The fraction of sp³-hybridized carbons (Fsp3) is 0.286. The number of para-hydroxylation sites is 1. The lowest BCUT2D eigenvalue weighted by molar-refractivity contribution is -0.124. The normalized spacial score (nSPS) is 12.7. The van der Waals surface area contributed by atoms with Gasteiger partial charge in [-0.25, -0.2) is 10.3 Å². The van der Waals surface area contributed by atoms with Crippen molar-refractivity contribution in [2.45, 2.75) is 32.0 Å². The molecule has 37 heavy (non-hydrogen) atoms. The predicted octanol–water partition coefficient (Wildman–Crippen LogP) is 4.75. The van der Waals surface area contributed by atoms with Crippen molar-refractivity contribution in [2.75, 3.05) is 25.1 Å². The van der Waals surface area contributed by atoms with Gasteiger partial charge in [0.15, 0.2) is 6.10 Å². The van der Waals surface area contributed by atoms with Gasteiger partial charge in [-0.2, -0.15) is 0 Å². The van der Waals surface area contributed by atoms with E-state index in [4.69, 9.17) is 19.4 Å². The van der Waals surface area contributed by atoms with Gasteiger partial charge in [0.1, 0.15) is 12.4 Å². The second-order valence-electron chi connectivity index (χ2n) is 8.04. The monoisotopic (exact) mass is 508 g/mol. The summed E-state index contributed by atoms with van der Waals surface area (Å²) in [5, 5.41) is 22.6. The summed E-state index contributed by atoms with van der Waals surface area (Å²) in [6.45, 7) is 2.09. The van der Waals surface area contributed by atoms with E-state index in [-0.39, 0.29) is 13.2 Å². The lowest BCUT2D eigenvalue weighted by Crippen LogP contribution is -2.29. The molecular formula is C28H32N2O7. The molecule has 0 fully saturated rings. The van der Waals surface area contributed by atoms with Crippen molar-refractivity contribution >= 4 is 28.5 Å². The van der Waals surface area contributed by atoms with Gasteiger partial charge in [-0.05, 0) is 37.3 Å². The summed E-state index contributed by atoms with van der Waals surface area (Å²) in [5.41, 5.74) is 2.74. The number of benzene rings is 3. The Morgan fingerprint density at radius 1 is 1.03 bits per heavy atom. The maximum absolute atomic E-state index is 13.2. The fourth-order valence-electron chi connectivity index (χ4n) is 3.96. The van der Waals surface area contributed by atoms with Crippen molar-refractivity contribution in [3.05, 3.63) is 84.4 Å². The molecule has 0 heterocycles. The topological polar surface area (TPSA) is 126 Å². The van der Waals surface area contributed by atoms with Crippen LogP contribution < -0.4 is 15.5 Å². The molecule has 0 bridgehead atoms. The molecule has 196 valence electrons. The number of aliphatic hydroxyl groups is 1. The minimum Gasteiger partial charge on any atom is -0.491 e. The number of anilines is 1. The highest BCUT2D eigenvalue weighted by molar-refractivity contribution is 6.00. The highest BCUT2D eigenvalue weighted by atomic mass is 16.6. The van der Waals surface area contributed by atoms with Crippen molar-refractivity contribution in [1.29, 1.82) is 0 Å². The van der Waals surface area contributed by atoms with Crippen LogP contribution in [0.5, 0.6) is 5.75 Å². The molecule has 2 atom stereocenters. The van der Waals surface area contributed by atoms with Crippen LogP contribution in [0.2, 0.25) is 0 Å². The van der Waals surface area contributed by atoms with E-state index in [0.717, 1.165) is 10.8 Å². The first-order chi connectivity index (χ1) is 18.1. The van der Waals surface area contributed by atoms with Crippen molar-refractivity contribution in [2.24, 2.45) is 0 Å². The Hall–Kier alpha value is -3.92. The number of nitrogens with one attached hydrogen (secondary N) is 2. The van der Waals surface area contributed by atoms with E-state index in [1.807, 2.05) is 43.3 Å². The smallest absolute Gasteiger partial charge is 0.412 e. The third-order valence-electron chi connectivity index (χ3n) is 5.55. The molecule has 0 radical (unpaired) electrons. The average molecular weight is 509 g/mol. The van der Waals surface area contributed by atoms with Gasteiger partial charge in [-0.3, -0.25) is 15.3 Å². The molecule has 9 heteroatoms. The molecule has 0 saturated heterocycles. The van der Waals surface area contributed by atoms with Crippen molar-refractivity contribution in [3.63, 3.8) is 0 Å². The Bertz CT molecular complexity index is 1190. The number of carbonyl (C=O) groups excluding carboxylic acids is 2. The number of hydrogen-bond acceptors (Lipinski definition) is 7. The Labute approximate surface area is 215 Å². The largest absolute Gasteiger partial charge is 0.491 e. The summed E-state index contributed by atoms with van der Waals surface area (Å²) in [6, 6.07) is 20.4. The van der Waals surface area contributed by atoms with Gasteiger partial charge in [-0.15, -0.1) is 0 Å². The molecule has 0 aliphatic rings. The minimum absolute atomic E-state index is 0.0737. The summed E-state index contributed by atoms with van der Waals surface area (Å²) >= 11 is 0. The van der Waals surface area contributed by atoms with E-state index in [1.54, 1.807) is 41.9 Å². The zero-order chi connectivity index (χ0) is 26.5. The van der Waals surface area contributed by atoms with Crippen LogP contribution in [0.4, 0.5) is 10.5 Å². The first-order valence-electron chi connectivity index (χ1n) is 12.1. The van der Waals surface area contributed by atoms with E-state index in [0.29, 0.717) is 36.4 Å². The molecule has 4 N–H and O–H groups in total. The lowest BCUT2D eigenvalue weighted by Gasteiger charge is -2.28. The summed E-state index contributed by atoms with van der Waals surface area (Å²) in [7, 11) is 0. The summed E-state index contributed by atoms with van der Waals surface area (Å²) in [5.74, 6) is -0.183. The molecule has 3 aromatic carbocycles. The van der Waals surface area contributed by atoms with Gasteiger partial charge in [0.2, 0.25) is 0 Å². The maximum Gasteiger partial charge on any atom is 0.412 e. The zero-order valence-corrected chi connectivity index (χ0v) is 20.6. The Morgan fingerprint density at radius 2 is 1.78 bits per heavy atom. The number of rotatable bonds is 13. The van der Waals surface area contributed by atoms with Crippen molar-refractivity contribution in [3.8, 4) is 5.75 Å². The Morgan fingerprint density at radius 3 is 2.57 bits per heavy atom. The van der Waals surface area contributed by atoms with E-state index in [1.165, 1.54) is 6.08 Å². The molecule has 3 rings (SSSR count). The second-order valence-corrected chi connectivity index (χ2v) is 8.04. The average Bonchev–Trinajstić information content (AvgIpc) is 2.92. The first-order valence-corrected chi connectivity index (χ1v) is 12.1. The van der Waals surface area contributed by atoms with Crippen molar-refractivity contribution in [1.82, 2.24) is 5.48 Å². The molecule has 0 unspecified atom stereocenters. The summed E-state index contributed by atoms with van der Waals surface area (Å²) in [6.07, 6.45) is 1.53. The number of carbonyl (C=O) groups is 2. The zero-order valence-electron chi connectivity index (χ0n) is 20.6. The van der Waals surface area contributed by atoms with Crippen LogP contribution >= 0.6 is 0 Å². The molecule has 0 spiro atoms. The highest BCUT2D eigenvalue weighted by Gasteiger charge is 2.30. The molecule has 9 nitrogen and oxygen atoms in total. The quantitative estimate of drug-likeness (QED) is 0.149. The molecule has 0 saturated carbocycles. The van der Waals surface area contributed by atoms with Crippen LogP contribution in [0.15, 0.2) is 78.9 Å². The van der Waals surface area contributed by atoms with Crippen LogP contribution in [-0.2, 0) is 14.3 Å². The van der Waals surface area contributed by atoms with Crippen LogP contribution in [0.3, 0.4) is 0 Å². The number of hydrogen-bond donors (Lipinski definition) is 4. The van der Waals surface area contributed by atoms with Gasteiger partial charge in [0, 0.05) is 23.6 Å². The third kappa shape index (κ3) is 8.04. The van der Waals surface area contributed by atoms with Gasteiger partial charge in [0.05, 0.1) is 18.4 Å². The van der Waals surface area contributed by atoms with Gasteiger partial charge in [-0.1, -0.05) is 60.7 Å². The molecular weight excluding hydrogens is 476 g/mol. The van der Waals surface area contributed by atoms with E-state index >= 15 is 0 Å². The van der Waals surface area contributed by atoms with Crippen LogP contribution in [0.25, 0.3) is 10.8 Å². The Balaban J connectivity index is 1.88. The van der Waals surface area contributed by atoms with Gasteiger partial charge in [0.25, 0.3) is 5.91 Å². The fourth-order valence-corrected chi connectivity index (χ4v) is 3.96. The number of aliphatic hydroxyl groups excluding tert-OH is 1. The number of hydroxylamine groups is 1. The van der Waals surface area contributed by atoms with Crippen molar-refractivity contribution < 1.29 is 34.1 Å². The molecule has 0 aliphatic heterocycles. The Kier molecular flexibility index (Phi) is 10.9. The molecule has 0 aromatic heterocycles. The summed E-state index contributed by atoms with van der Waals surface area (Å²) < 4.78 is 17.7. The van der Waals surface area contributed by atoms with Crippen LogP contribution in [-0.4, -0.2) is 48.2 Å². The number of allylic oxidation sites excluding steroid dienone is 1. The van der Waals surface area contributed by atoms with E-state index < -0.39 is 24.2 Å². The third-order valence-corrected chi connectivity index (χ3v) is 5.55. The number of fused-ring (bicyclic) bond motifs is 1. The highest BCUT2D eigenvalue weighted by Crippen LogP contribution is 2.34. The first kappa shape index (κ1) is 27.7. The number of amides is 2.